The van der Waals surface area contributed by atoms with Gasteiger partial charge in [0.15, 0.2) is 0 Å². The van der Waals surface area contributed by atoms with Crippen LogP contribution >= 0.6 is 0 Å². The zero-order valence-electron chi connectivity index (χ0n) is 9.37. The summed E-state index contributed by atoms with van der Waals surface area (Å²) < 4.78 is 4.92. The molecule has 0 aromatic heterocycles. The molecule has 2 N–H and O–H groups in total. The predicted molar refractivity (Wildman–Crippen MR) is 57.9 cm³/mol. The minimum atomic E-state index is -0.738. The van der Waals surface area contributed by atoms with Crippen molar-refractivity contribution in [2.24, 2.45) is 0 Å². The fourth-order valence-corrected chi connectivity index (χ4v) is 2.09. The molecule has 0 radical (unpaired) electrons. The van der Waals surface area contributed by atoms with E-state index in [0.717, 1.165) is 19.3 Å². The smallest absolute Gasteiger partial charge is 0.320 e. The Balaban J connectivity index is 2.26. The molecular formula is C11H21NO3. The molecule has 1 rings (SSSR count). The molecule has 15 heavy (non-hydrogen) atoms. The number of carbonyl (C=O) groups is 1. The average Bonchev–Trinajstić information content (AvgIpc) is 2.69. The van der Waals surface area contributed by atoms with Crippen LogP contribution in [0.15, 0.2) is 0 Å². The first kappa shape index (κ1) is 12.5. The standard InChI is InChI=1S/C11H21NO3/c1-15-8-4-7-10(11(13)14)12-9-5-2-3-6-9/h9-10,12H,2-8H2,1H3,(H,13,14). The van der Waals surface area contributed by atoms with Crippen molar-refractivity contribution in [3.8, 4) is 0 Å². The molecule has 88 valence electrons. The third-order valence-corrected chi connectivity index (χ3v) is 2.93. The largest absolute Gasteiger partial charge is 0.480 e. The fourth-order valence-electron chi connectivity index (χ4n) is 2.09. The van der Waals surface area contributed by atoms with Crippen LogP contribution in [0, 0.1) is 0 Å². The summed E-state index contributed by atoms with van der Waals surface area (Å²) in [5.41, 5.74) is 0. The normalized spacial score (nSPS) is 19.3. The average molecular weight is 215 g/mol. The Labute approximate surface area is 91.0 Å². The highest BCUT2D eigenvalue weighted by Crippen LogP contribution is 2.18. The van der Waals surface area contributed by atoms with Gasteiger partial charge in [-0.25, -0.2) is 0 Å². The monoisotopic (exact) mass is 215 g/mol. The third-order valence-electron chi connectivity index (χ3n) is 2.93. The van der Waals surface area contributed by atoms with Crippen LogP contribution in [0.2, 0.25) is 0 Å². The molecule has 0 heterocycles. The second kappa shape index (κ2) is 6.80. The first-order chi connectivity index (χ1) is 7.24. The molecule has 1 unspecified atom stereocenters. The van der Waals surface area contributed by atoms with Gasteiger partial charge in [0.1, 0.15) is 6.04 Å². The number of carboxylic acid groups (broad SMARTS) is 1. The van der Waals surface area contributed by atoms with E-state index in [-0.39, 0.29) is 0 Å². The third kappa shape index (κ3) is 4.62. The summed E-state index contributed by atoms with van der Waals surface area (Å²) >= 11 is 0. The molecule has 0 aromatic carbocycles. The van der Waals surface area contributed by atoms with Crippen molar-refractivity contribution < 1.29 is 14.6 Å². The van der Waals surface area contributed by atoms with Gasteiger partial charge in [-0.15, -0.1) is 0 Å². The van der Waals surface area contributed by atoms with E-state index in [0.29, 0.717) is 19.1 Å². The van der Waals surface area contributed by atoms with Gasteiger partial charge in [0.25, 0.3) is 0 Å². The molecule has 1 atom stereocenters. The number of hydrogen-bond donors (Lipinski definition) is 2. The van der Waals surface area contributed by atoms with E-state index >= 15 is 0 Å². The van der Waals surface area contributed by atoms with E-state index in [4.69, 9.17) is 9.84 Å². The molecule has 1 saturated carbocycles. The van der Waals surface area contributed by atoms with Crippen molar-refractivity contribution in [3.63, 3.8) is 0 Å². The number of aliphatic carboxylic acids is 1. The van der Waals surface area contributed by atoms with E-state index in [1.165, 1.54) is 12.8 Å². The summed E-state index contributed by atoms with van der Waals surface area (Å²) in [7, 11) is 1.64. The lowest BCUT2D eigenvalue weighted by atomic mass is 10.1. The van der Waals surface area contributed by atoms with Gasteiger partial charge in [0.2, 0.25) is 0 Å². The van der Waals surface area contributed by atoms with Crippen molar-refractivity contribution in [1.29, 1.82) is 0 Å². The topological polar surface area (TPSA) is 58.6 Å². The summed E-state index contributed by atoms with van der Waals surface area (Å²) in [4.78, 5) is 11.0. The highest BCUT2D eigenvalue weighted by Gasteiger charge is 2.23. The molecule has 0 saturated heterocycles. The maximum absolute atomic E-state index is 11.0. The van der Waals surface area contributed by atoms with Crippen LogP contribution in [-0.4, -0.2) is 36.9 Å². The Morgan fingerprint density at radius 1 is 1.53 bits per heavy atom. The van der Waals surface area contributed by atoms with Crippen molar-refractivity contribution in [1.82, 2.24) is 5.32 Å². The zero-order valence-corrected chi connectivity index (χ0v) is 9.37. The van der Waals surface area contributed by atoms with E-state index in [1.54, 1.807) is 7.11 Å². The van der Waals surface area contributed by atoms with Crippen molar-refractivity contribution in [2.45, 2.75) is 50.6 Å². The molecule has 4 nitrogen and oxygen atoms in total. The summed E-state index contributed by atoms with van der Waals surface area (Å²) in [6.07, 6.45) is 6.14. The number of rotatable bonds is 7. The number of nitrogens with one attached hydrogen (secondary N) is 1. The quantitative estimate of drug-likeness (QED) is 0.630. The molecule has 4 heteroatoms. The van der Waals surface area contributed by atoms with Crippen LogP contribution in [0.5, 0.6) is 0 Å². The SMILES string of the molecule is COCCCC(NC1CCCC1)C(=O)O. The van der Waals surface area contributed by atoms with Crippen molar-refractivity contribution in [2.75, 3.05) is 13.7 Å². The highest BCUT2D eigenvalue weighted by molar-refractivity contribution is 5.73. The van der Waals surface area contributed by atoms with E-state index < -0.39 is 12.0 Å². The molecule has 0 bridgehead atoms. The fraction of sp³-hybridized carbons (Fsp3) is 0.909. The van der Waals surface area contributed by atoms with Crippen molar-refractivity contribution in [3.05, 3.63) is 0 Å². The van der Waals surface area contributed by atoms with Gasteiger partial charge in [-0.1, -0.05) is 12.8 Å². The Kier molecular flexibility index (Phi) is 5.65. The molecule has 0 amide bonds. The van der Waals surface area contributed by atoms with Gasteiger partial charge < -0.3 is 15.2 Å². The van der Waals surface area contributed by atoms with Gasteiger partial charge in [-0.05, 0) is 25.7 Å². The predicted octanol–water partition coefficient (Wildman–Crippen LogP) is 1.40. The van der Waals surface area contributed by atoms with E-state index in [2.05, 4.69) is 5.32 Å². The van der Waals surface area contributed by atoms with Gasteiger partial charge in [0.05, 0.1) is 0 Å². The van der Waals surface area contributed by atoms with Crippen molar-refractivity contribution >= 4 is 5.97 Å². The second-order valence-corrected chi connectivity index (χ2v) is 4.17. The molecule has 1 aliphatic rings. The van der Waals surface area contributed by atoms with Gasteiger partial charge >= 0.3 is 5.97 Å². The van der Waals surface area contributed by atoms with Gasteiger partial charge in [0, 0.05) is 19.8 Å². The Morgan fingerprint density at radius 2 is 2.20 bits per heavy atom. The van der Waals surface area contributed by atoms with Gasteiger partial charge in [-0.2, -0.15) is 0 Å². The molecule has 0 aromatic rings. The lowest BCUT2D eigenvalue weighted by Crippen LogP contribution is -2.42. The summed E-state index contributed by atoms with van der Waals surface area (Å²) in [6, 6.07) is 0.0110. The number of carboxylic acids is 1. The highest BCUT2D eigenvalue weighted by atomic mass is 16.5. The zero-order chi connectivity index (χ0) is 11.1. The minimum Gasteiger partial charge on any atom is -0.480 e. The summed E-state index contributed by atoms with van der Waals surface area (Å²) in [6.45, 7) is 0.635. The van der Waals surface area contributed by atoms with E-state index in [1.807, 2.05) is 0 Å². The van der Waals surface area contributed by atoms with Crippen LogP contribution in [0.3, 0.4) is 0 Å². The second-order valence-electron chi connectivity index (χ2n) is 4.17. The number of methoxy groups -OCH3 is 1. The van der Waals surface area contributed by atoms with E-state index in [9.17, 15) is 4.79 Å². The first-order valence-corrected chi connectivity index (χ1v) is 5.72. The molecule has 0 spiro atoms. The maximum Gasteiger partial charge on any atom is 0.320 e. The van der Waals surface area contributed by atoms with Crippen LogP contribution in [0.25, 0.3) is 0 Å². The molecule has 0 aliphatic heterocycles. The maximum atomic E-state index is 11.0. The first-order valence-electron chi connectivity index (χ1n) is 5.72. The van der Waals surface area contributed by atoms with Crippen LogP contribution in [0.1, 0.15) is 38.5 Å². The number of ether oxygens (including phenoxy) is 1. The van der Waals surface area contributed by atoms with Gasteiger partial charge in [-0.3, -0.25) is 4.79 Å². The van der Waals surface area contributed by atoms with Crippen LogP contribution < -0.4 is 5.32 Å². The van der Waals surface area contributed by atoms with Crippen LogP contribution in [-0.2, 0) is 9.53 Å². The molecular weight excluding hydrogens is 194 g/mol. The molecule has 1 aliphatic carbocycles. The minimum absolute atomic E-state index is 0.400. The molecule has 1 fully saturated rings. The Hall–Kier alpha value is -0.610. The van der Waals surface area contributed by atoms with Crippen LogP contribution in [0.4, 0.5) is 0 Å². The lowest BCUT2D eigenvalue weighted by molar-refractivity contribution is -0.140. The Bertz CT molecular complexity index is 190. The Morgan fingerprint density at radius 3 is 2.73 bits per heavy atom. The lowest BCUT2D eigenvalue weighted by Gasteiger charge is -2.19. The number of hydrogen-bond acceptors (Lipinski definition) is 3. The summed E-state index contributed by atoms with van der Waals surface area (Å²) in [5.74, 6) is -0.738. The summed E-state index contributed by atoms with van der Waals surface area (Å²) in [5, 5.41) is 12.2.